The molecule has 1 fully saturated rings. The molecule has 1 aromatic carbocycles. The first kappa shape index (κ1) is 21.9. The molecule has 2 aromatic heterocycles. The van der Waals surface area contributed by atoms with Gasteiger partial charge in [-0.05, 0) is 48.8 Å². The van der Waals surface area contributed by atoms with Crippen LogP contribution in [0.25, 0.3) is 21.8 Å². The number of carbonyl (C=O) groups is 1. The van der Waals surface area contributed by atoms with E-state index in [0.29, 0.717) is 23.8 Å². The van der Waals surface area contributed by atoms with Gasteiger partial charge in [-0.3, -0.25) is 4.79 Å². The summed E-state index contributed by atoms with van der Waals surface area (Å²) in [5, 5.41) is 22.5. The summed E-state index contributed by atoms with van der Waals surface area (Å²) in [7, 11) is 0. The largest absolute Gasteiger partial charge is 0.490 e. The molecule has 3 heterocycles. The first-order chi connectivity index (χ1) is 15.8. The average molecular weight is 467 g/mol. The number of aromatic carboxylic acids is 1. The maximum atomic E-state index is 12.6. The Morgan fingerprint density at radius 3 is 2.70 bits per heavy atom. The molecule has 172 valence electrons. The molecule has 0 saturated heterocycles. The molecule has 0 spiro atoms. The number of aliphatic hydroxyl groups excluding tert-OH is 1. The summed E-state index contributed by atoms with van der Waals surface area (Å²) in [4.78, 5) is 28.6. The van der Waals surface area contributed by atoms with Crippen LogP contribution in [-0.2, 0) is 6.42 Å². The fourth-order valence-corrected chi connectivity index (χ4v) is 5.20. The maximum Gasteiger partial charge on any atom is 0.341 e. The molecule has 0 radical (unpaired) electrons. The zero-order chi connectivity index (χ0) is 23.3. The number of nitrogens with zero attached hydrogens (tertiary/aromatic N) is 2. The van der Waals surface area contributed by atoms with Gasteiger partial charge in [-0.25, -0.2) is 9.78 Å². The highest BCUT2D eigenvalue weighted by atomic mass is 32.1. The molecular formula is C25H26N2O5S. The van der Waals surface area contributed by atoms with Crippen LogP contribution in [0.5, 0.6) is 5.75 Å². The standard InChI is InChI=1S/C25H26N2O5S/c1-13(2)19-7-15-8-23(32-12-22(29)14-3-4-14)17(24-26-5-6-33-24)9-16(15)20-10-21(28)18(25(30)31)11-27(19)20/h5-6,8-11,13-14,19,22,29H,3-4,7,12H2,1-2H3,(H,30,31). The van der Waals surface area contributed by atoms with Crippen LogP contribution in [0.3, 0.4) is 0 Å². The van der Waals surface area contributed by atoms with E-state index in [0.717, 1.165) is 34.5 Å². The highest BCUT2D eigenvalue weighted by Crippen LogP contribution is 2.43. The van der Waals surface area contributed by atoms with Crippen molar-refractivity contribution in [1.29, 1.82) is 0 Å². The molecule has 0 bridgehead atoms. The Morgan fingerprint density at radius 2 is 2.06 bits per heavy atom. The van der Waals surface area contributed by atoms with Crippen LogP contribution in [0, 0.1) is 11.8 Å². The Bertz CT molecular complexity index is 1260. The van der Waals surface area contributed by atoms with E-state index in [9.17, 15) is 19.8 Å². The topological polar surface area (TPSA) is 102 Å². The lowest BCUT2D eigenvalue weighted by atomic mass is 9.86. The second-order valence-electron chi connectivity index (χ2n) is 9.22. The van der Waals surface area contributed by atoms with Crippen molar-refractivity contribution in [3.8, 4) is 27.6 Å². The predicted molar refractivity (Wildman–Crippen MR) is 126 cm³/mol. The quantitative estimate of drug-likeness (QED) is 0.540. The highest BCUT2D eigenvalue weighted by Gasteiger charge is 2.32. The number of hydrogen-bond donors (Lipinski definition) is 2. The molecule has 0 amide bonds. The van der Waals surface area contributed by atoms with E-state index >= 15 is 0 Å². The summed E-state index contributed by atoms with van der Waals surface area (Å²) in [6.07, 6.45) is 5.48. The van der Waals surface area contributed by atoms with Crippen LogP contribution >= 0.6 is 11.3 Å². The Kier molecular flexibility index (Phi) is 5.58. The molecule has 8 heteroatoms. The molecule has 5 rings (SSSR count). The van der Waals surface area contributed by atoms with E-state index < -0.39 is 17.5 Å². The minimum absolute atomic E-state index is 0.00168. The van der Waals surface area contributed by atoms with Crippen molar-refractivity contribution in [2.75, 3.05) is 6.61 Å². The number of carboxylic acids is 1. The zero-order valence-corrected chi connectivity index (χ0v) is 19.3. The molecule has 3 aromatic rings. The van der Waals surface area contributed by atoms with Crippen molar-refractivity contribution in [3.05, 3.63) is 57.3 Å². The summed E-state index contributed by atoms with van der Waals surface area (Å²) < 4.78 is 8.05. The SMILES string of the molecule is CC(C)C1Cc2cc(OCC(O)C3CC3)c(-c3nccs3)cc2-c2cc(=O)c(C(=O)O)cn21. The van der Waals surface area contributed by atoms with Gasteiger partial charge in [-0.1, -0.05) is 13.8 Å². The fraction of sp³-hybridized carbons (Fsp3) is 0.400. The molecular weight excluding hydrogens is 440 g/mol. The van der Waals surface area contributed by atoms with Crippen molar-refractivity contribution in [2.45, 2.75) is 45.3 Å². The smallest absolute Gasteiger partial charge is 0.341 e. The van der Waals surface area contributed by atoms with Crippen LogP contribution < -0.4 is 10.2 Å². The Labute approximate surface area is 195 Å². The third-order valence-corrected chi connectivity index (χ3v) is 7.39. The van der Waals surface area contributed by atoms with Gasteiger partial charge in [0.05, 0.1) is 17.4 Å². The highest BCUT2D eigenvalue weighted by molar-refractivity contribution is 7.13. The number of fused-ring (bicyclic) bond motifs is 3. The lowest BCUT2D eigenvalue weighted by Crippen LogP contribution is -2.28. The number of ether oxygens (including phenoxy) is 1. The molecule has 2 aliphatic rings. The number of rotatable bonds is 7. The molecule has 2 N–H and O–H groups in total. The number of aliphatic hydroxyl groups is 1. The van der Waals surface area contributed by atoms with Gasteiger partial charge in [-0.2, -0.15) is 0 Å². The molecule has 2 atom stereocenters. The fourth-order valence-electron chi connectivity index (χ4n) is 4.55. The normalized spacial score (nSPS) is 18.0. The molecule has 2 unspecified atom stereocenters. The second kappa shape index (κ2) is 8.43. The van der Waals surface area contributed by atoms with E-state index in [1.54, 1.807) is 6.20 Å². The van der Waals surface area contributed by atoms with E-state index in [4.69, 9.17) is 4.74 Å². The third kappa shape index (κ3) is 4.09. The van der Waals surface area contributed by atoms with E-state index in [-0.39, 0.29) is 24.1 Å². The monoisotopic (exact) mass is 466 g/mol. The van der Waals surface area contributed by atoms with E-state index in [1.165, 1.54) is 23.6 Å². The number of aromatic nitrogens is 2. The minimum Gasteiger partial charge on any atom is -0.490 e. The summed E-state index contributed by atoms with van der Waals surface area (Å²) in [6, 6.07) is 5.41. The maximum absolute atomic E-state index is 12.6. The molecule has 33 heavy (non-hydrogen) atoms. The van der Waals surface area contributed by atoms with Gasteiger partial charge in [0.15, 0.2) is 5.43 Å². The first-order valence-corrected chi connectivity index (χ1v) is 12.1. The van der Waals surface area contributed by atoms with Gasteiger partial charge >= 0.3 is 5.97 Å². The second-order valence-corrected chi connectivity index (χ2v) is 10.1. The van der Waals surface area contributed by atoms with Crippen LogP contribution in [0.4, 0.5) is 0 Å². The summed E-state index contributed by atoms with van der Waals surface area (Å²) >= 11 is 1.49. The van der Waals surface area contributed by atoms with Gasteiger partial charge in [0, 0.05) is 35.4 Å². The Balaban J connectivity index is 1.65. The molecule has 1 saturated carbocycles. The Hall–Kier alpha value is -2.97. The Morgan fingerprint density at radius 1 is 1.27 bits per heavy atom. The summed E-state index contributed by atoms with van der Waals surface area (Å²) in [5.74, 6) is -0.00640. The van der Waals surface area contributed by atoms with Gasteiger partial charge in [0.25, 0.3) is 0 Å². The van der Waals surface area contributed by atoms with Gasteiger partial charge < -0.3 is 19.5 Å². The first-order valence-electron chi connectivity index (χ1n) is 11.2. The van der Waals surface area contributed by atoms with Crippen molar-refractivity contribution in [3.63, 3.8) is 0 Å². The predicted octanol–water partition coefficient (Wildman–Crippen LogP) is 4.24. The summed E-state index contributed by atoms with van der Waals surface area (Å²) in [6.45, 7) is 4.41. The van der Waals surface area contributed by atoms with E-state index in [1.807, 2.05) is 22.1 Å². The average Bonchev–Trinajstić information content (AvgIpc) is 3.50. The van der Waals surface area contributed by atoms with Gasteiger partial charge in [0.1, 0.15) is 22.9 Å². The third-order valence-electron chi connectivity index (χ3n) is 6.59. The van der Waals surface area contributed by atoms with E-state index in [2.05, 4.69) is 18.8 Å². The molecule has 1 aliphatic carbocycles. The molecule has 7 nitrogen and oxygen atoms in total. The van der Waals surface area contributed by atoms with Crippen molar-refractivity contribution in [2.24, 2.45) is 11.8 Å². The van der Waals surface area contributed by atoms with Crippen LogP contribution in [0.1, 0.15) is 48.7 Å². The van der Waals surface area contributed by atoms with Crippen LogP contribution in [0.15, 0.2) is 40.8 Å². The molecule has 1 aliphatic heterocycles. The lowest BCUT2D eigenvalue weighted by Gasteiger charge is -2.34. The van der Waals surface area contributed by atoms with Gasteiger partial charge in [-0.15, -0.1) is 11.3 Å². The zero-order valence-electron chi connectivity index (χ0n) is 18.5. The number of carboxylic acid groups (broad SMARTS) is 1. The summed E-state index contributed by atoms with van der Waals surface area (Å²) in [5.41, 5.74) is 2.69. The lowest BCUT2D eigenvalue weighted by molar-refractivity contribution is 0.0694. The number of pyridine rings is 1. The number of benzene rings is 1. The number of hydrogen-bond acceptors (Lipinski definition) is 6. The van der Waals surface area contributed by atoms with Crippen molar-refractivity contribution < 1.29 is 19.7 Å². The number of thiazole rings is 1. The van der Waals surface area contributed by atoms with Crippen molar-refractivity contribution >= 4 is 17.3 Å². The minimum atomic E-state index is -1.22. The van der Waals surface area contributed by atoms with Crippen LogP contribution in [0.2, 0.25) is 0 Å². The van der Waals surface area contributed by atoms with Gasteiger partial charge in [0.2, 0.25) is 0 Å². The van der Waals surface area contributed by atoms with Crippen molar-refractivity contribution in [1.82, 2.24) is 9.55 Å². The van der Waals surface area contributed by atoms with Crippen LogP contribution in [-0.4, -0.2) is 38.4 Å².